The molecule has 0 bridgehead atoms. The molecule has 1 aliphatic rings. The molecule has 0 aliphatic carbocycles. The molecule has 1 aliphatic heterocycles. The first kappa shape index (κ1) is 13.2. The molecule has 3 heterocycles. The number of aromatic nitrogens is 2. The fourth-order valence-corrected chi connectivity index (χ4v) is 2.61. The highest BCUT2D eigenvalue weighted by Crippen LogP contribution is 2.25. The predicted molar refractivity (Wildman–Crippen MR) is 82.0 cm³/mol. The first-order valence-electron chi connectivity index (χ1n) is 6.83. The van der Waals surface area contributed by atoms with E-state index in [9.17, 15) is 5.26 Å². The predicted octanol–water partition coefficient (Wildman–Crippen LogP) is 1.26. The molecule has 6 heteroatoms. The molecule has 0 saturated carbocycles. The van der Waals surface area contributed by atoms with Crippen LogP contribution in [0.5, 0.6) is 0 Å². The number of pyridine rings is 2. The quantitative estimate of drug-likeness (QED) is 0.891. The highest BCUT2D eigenvalue weighted by Gasteiger charge is 2.20. The van der Waals surface area contributed by atoms with Gasteiger partial charge in [0.25, 0.3) is 0 Å². The van der Waals surface area contributed by atoms with Crippen LogP contribution < -0.4 is 15.5 Å². The fourth-order valence-electron chi connectivity index (χ4n) is 2.61. The van der Waals surface area contributed by atoms with E-state index in [0.29, 0.717) is 11.3 Å². The van der Waals surface area contributed by atoms with Gasteiger partial charge in [0.1, 0.15) is 6.07 Å². The first-order chi connectivity index (χ1) is 10.3. The van der Waals surface area contributed by atoms with Crippen molar-refractivity contribution in [2.45, 2.75) is 0 Å². The van der Waals surface area contributed by atoms with Crippen LogP contribution in [-0.4, -0.2) is 36.1 Å². The SMILES string of the molecule is N#Cc1ccncc1N1CCN(c2ccncc2N)CC1. The molecule has 0 spiro atoms. The third kappa shape index (κ3) is 2.58. The second kappa shape index (κ2) is 5.67. The number of nitrogens with zero attached hydrogens (tertiary/aromatic N) is 5. The number of nitrogens with two attached hydrogens (primary N) is 1. The highest BCUT2D eigenvalue weighted by molar-refractivity contribution is 5.67. The van der Waals surface area contributed by atoms with Crippen molar-refractivity contribution < 1.29 is 0 Å². The van der Waals surface area contributed by atoms with E-state index in [1.807, 2.05) is 6.07 Å². The summed E-state index contributed by atoms with van der Waals surface area (Å²) in [6.07, 6.45) is 6.84. The molecule has 2 aromatic rings. The Morgan fingerprint density at radius 3 is 2.24 bits per heavy atom. The van der Waals surface area contributed by atoms with Crippen molar-refractivity contribution in [2.24, 2.45) is 0 Å². The van der Waals surface area contributed by atoms with Gasteiger partial charge in [0.05, 0.1) is 35.0 Å². The highest BCUT2D eigenvalue weighted by atomic mass is 15.3. The summed E-state index contributed by atoms with van der Waals surface area (Å²) in [7, 11) is 0. The number of nitriles is 1. The Balaban J connectivity index is 1.74. The molecule has 106 valence electrons. The summed E-state index contributed by atoms with van der Waals surface area (Å²) >= 11 is 0. The molecule has 1 fully saturated rings. The third-order valence-electron chi connectivity index (χ3n) is 3.71. The normalized spacial score (nSPS) is 14.8. The molecule has 6 nitrogen and oxygen atoms in total. The fraction of sp³-hybridized carbons (Fsp3) is 0.267. The van der Waals surface area contributed by atoms with Crippen LogP contribution >= 0.6 is 0 Å². The Kier molecular flexibility index (Phi) is 3.56. The first-order valence-corrected chi connectivity index (χ1v) is 6.83. The Labute approximate surface area is 123 Å². The van der Waals surface area contributed by atoms with Gasteiger partial charge in [0.2, 0.25) is 0 Å². The molecule has 0 radical (unpaired) electrons. The summed E-state index contributed by atoms with van der Waals surface area (Å²) in [5.74, 6) is 0. The third-order valence-corrected chi connectivity index (χ3v) is 3.71. The molecule has 2 aromatic heterocycles. The maximum Gasteiger partial charge on any atom is 0.101 e. The van der Waals surface area contributed by atoms with E-state index >= 15 is 0 Å². The monoisotopic (exact) mass is 280 g/mol. The molecule has 0 aromatic carbocycles. The van der Waals surface area contributed by atoms with Gasteiger partial charge in [0.15, 0.2) is 0 Å². The molecule has 21 heavy (non-hydrogen) atoms. The summed E-state index contributed by atoms with van der Waals surface area (Å²) in [6.45, 7) is 3.38. The molecule has 0 amide bonds. The Bertz CT molecular complexity index is 670. The smallest absolute Gasteiger partial charge is 0.101 e. The summed E-state index contributed by atoms with van der Waals surface area (Å²) in [6, 6.07) is 5.91. The lowest BCUT2D eigenvalue weighted by molar-refractivity contribution is 0.652. The number of rotatable bonds is 2. The lowest BCUT2D eigenvalue weighted by atomic mass is 10.2. The van der Waals surface area contributed by atoms with E-state index in [2.05, 4.69) is 25.8 Å². The Morgan fingerprint density at radius 1 is 0.952 bits per heavy atom. The molecular formula is C15H16N6. The van der Waals surface area contributed by atoms with Crippen molar-refractivity contribution in [3.8, 4) is 6.07 Å². The van der Waals surface area contributed by atoms with Crippen LogP contribution in [0.1, 0.15) is 5.56 Å². The van der Waals surface area contributed by atoms with Gasteiger partial charge < -0.3 is 15.5 Å². The minimum atomic E-state index is 0.668. The lowest BCUT2D eigenvalue weighted by Gasteiger charge is -2.37. The van der Waals surface area contributed by atoms with Crippen LogP contribution in [-0.2, 0) is 0 Å². The average Bonchev–Trinajstić information content (AvgIpc) is 2.55. The van der Waals surface area contributed by atoms with E-state index in [-0.39, 0.29) is 0 Å². The molecular weight excluding hydrogens is 264 g/mol. The van der Waals surface area contributed by atoms with Crippen molar-refractivity contribution >= 4 is 17.1 Å². The van der Waals surface area contributed by atoms with Gasteiger partial charge >= 0.3 is 0 Å². The number of anilines is 3. The van der Waals surface area contributed by atoms with Gasteiger partial charge in [-0.15, -0.1) is 0 Å². The largest absolute Gasteiger partial charge is 0.396 e. The maximum atomic E-state index is 9.18. The Morgan fingerprint density at radius 2 is 1.57 bits per heavy atom. The number of hydrogen-bond donors (Lipinski definition) is 1. The minimum absolute atomic E-state index is 0.668. The summed E-state index contributed by atoms with van der Waals surface area (Å²) in [5.41, 5.74) is 9.27. The lowest BCUT2D eigenvalue weighted by Crippen LogP contribution is -2.47. The van der Waals surface area contributed by atoms with Crippen LogP contribution in [0.4, 0.5) is 17.1 Å². The van der Waals surface area contributed by atoms with E-state index in [4.69, 9.17) is 5.73 Å². The number of piperazine rings is 1. The summed E-state index contributed by atoms with van der Waals surface area (Å²) in [4.78, 5) is 12.6. The topological polar surface area (TPSA) is 82.1 Å². The van der Waals surface area contributed by atoms with Gasteiger partial charge in [-0.2, -0.15) is 5.26 Å². The average molecular weight is 280 g/mol. The zero-order valence-electron chi connectivity index (χ0n) is 11.6. The van der Waals surface area contributed by atoms with Crippen LogP contribution in [0.3, 0.4) is 0 Å². The molecule has 3 rings (SSSR count). The minimum Gasteiger partial charge on any atom is -0.396 e. The summed E-state index contributed by atoms with van der Waals surface area (Å²) in [5, 5.41) is 9.18. The molecule has 0 atom stereocenters. The van der Waals surface area contributed by atoms with Crippen molar-refractivity contribution in [2.75, 3.05) is 41.7 Å². The van der Waals surface area contributed by atoms with E-state index in [1.54, 1.807) is 30.9 Å². The van der Waals surface area contributed by atoms with Gasteiger partial charge in [-0.1, -0.05) is 0 Å². The van der Waals surface area contributed by atoms with Crippen molar-refractivity contribution in [1.29, 1.82) is 5.26 Å². The van der Waals surface area contributed by atoms with Gasteiger partial charge in [0, 0.05) is 38.6 Å². The maximum absolute atomic E-state index is 9.18. The zero-order chi connectivity index (χ0) is 14.7. The van der Waals surface area contributed by atoms with Gasteiger partial charge in [-0.05, 0) is 12.1 Å². The second-order valence-corrected chi connectivity index (χ2v) is 4.91. The van der Waals surface area contributed by atoms with Crippen molar-refractivity contribution in [1.82, 2.24) is 9.97 Å². The van der Waals surface area contributed by atoms with Gasteiger partial charge in [-0.25, -0.2) is 0 Å². The van der Waals surface area contributed by atoms with E-state index in [1.165, 1.54) is 0 Å². The Hall–Kier alpha value is -2.81. The van der Waals surface area contributed by atoms with Crippen molar-refractivity contribution in [3.63, 3.8) is 0 Å². The van der Waals surface area contributed by atoms with E-state index < -0.39 is 0 Å². The molecule has 0 unspecified atom stereocenters. The van der Waals surface area contributed by atoms with Crippen LogP contribution in [0.15, 0.2) is 36.9 Å². The number of hydrogen-bond acceptors (Lipinski definition) is 6. The van der Waals surface area contributed by atoms with Crippen molar-refractivity contribution in [3.05, 3.63) is 42.5 Å². The molecule has 2 N–H and O–H groups in total. The zero-order valence-corrected chi connectivity index (χ0v) is 11.6. The second-order valence-electron chi connectivity index (χ2n) is 4.91. The standard InChI is InChI=1S/C15H16N6/c16-9-12-1-3-19-11-15(12)21-7-5-20(6-8-21)14-2-4-18-10-13(14)17/h1-4,10-11H,5-8,17H2. The van der Waals surface area contributed by atoms with Crippen LogP contribution in [0.2, 0.25) is 0 Å². The van der Waals surface area contributed by atoms with Crippen LogP contribution in [0, 0.1) is 11.3 Å². The number of nitrogen functional groups attached to an aromatic ring is 1. The van der Waals surface area contributed by atoms with Gasteiger partial charge in [-0.3, -0.25) is 9.97 Å². The van der Waals surface area contributed by atoms with Crippen LogP contribution in [0.25, 0.3) is 0 Å². The molecule has 1 saturated heterocycles. The summed E-state index contributed by atoms with van der Waals surface area (Å²) < 4.78 is 0. The van der Waals surface area contributed by atoms with E-state index in [0.717, 1.165) is 37.6 Å².